The molecule has 0 N–H and O–H groups in total. The largest absolute Gasteiger partial charge is 0.460 e. The van der Waals surface area contributed by atoms with Gasteiger partial charge in [-0.1, -0.05) is 0 Å². The van der Waals surface area contributed by atoms with Crippen LogP contribution in [0, 0.1) is 12.3 Å². The minimum Gasteiger partial charge on any atom is -0.460 e. The van der Waals surface area contributed by atoms with Crippen LogP contribution in [0.15, 0.2) is 0 Å². The molecule has 1 saturated heterocycles. The molecule has 26 heavy (non-hydrogen) atoms. The number of carbonyl (C=O) groups excluding carboxylic acids is 2. The molecule has 1 fully saturated rings. The van der Waals surface area contributed by atoms with Crippen LogP contribution in [-0.4, -0.2) is 74.8 Å². The molecule has 0 spiro atoms. The van der Waals surface area contributed by atoms with E-state index in [4.69, 9.17) is 25.4 Å². The molecule has 0 aliphatic carbocycles. The van der Waals surface area contributed by atoms with Crippen LogP contribution in [0.2, 0.25) is 0 Å². The fourth-order valence-corrected chi connectivity index (χ4v) is 2.91. The molecule has 4 atom stereocenters. The zero-order valence-corrected chi connectivity index (χ0v) is 16.5. The SMILES string of the molecule is C#CC[N+](C)(C)CCCCOC1O[C@@H](C)C(OC(C)=O)C[C@H]1OC(C)=O. The molecule has 0 radical (unpaired) electrons. The quantitative estimate of drug-likeness (QED) is 0.265. The highest BCUT2D eigenvalue weighted by atomic mass is 16.7. The second-order valence-corrected chi connectivity index (χ2v) is 7.34. The van der Waals surface area contributed by atoms with Gasteiger partial charge in [-0.05, 0) is 25.7 Å². The van der Waals surface area contributed by atoms with Gasteiger partial charge in [0.2, 0.25) is 0 Å². The summed E-state index contributed by atoms with van der Waals surface area (Å²) in [6, 6.07) is 0. The first-order valence-electron chi connectivity index (χ1n) is 9.01. The van der Waals surface area contributed by atoms with Crippen LogP contribution in [-0.2, 0) is 28.5 Å². The average Bonchev–Trinajstić information content (AvgIpc) is 2.49. The summed E-state index contributed by atoms with van der Waals surface area (Å²) < 4.78 is 22.9. The average molecular weight is 370 g/mol. The molecular weight excluding hydrogens is 338 g/mol. The van der Waals surface area contributed by atoms with E-state index in [9.17, 15) is 9.59 Å². The fourth-order valence-electron chi connectivity index (χ4n) is 2.91. The monoisotopic (exact) mass is 370 g/mol. The molecule has 0 aromatic carbocycles. The normalized spacial score (nSPS) is 26.0. The molecule has 2 unspecified atom stereocenters. The Hall–Kier alpha value is -1.62. The second-order valence-electron chi connectivity index (χ2n) is 7.34. The molecule has 0 aromatic rings. The van der Waals surface area contributed by atoms with E-state index in [-0.39, 0.29) is 12.1 Å². The maximum atomic E-state index is 11.4. The number of carbonyl (C=O) groups is 2. The van der Waals surface area contributed by atoms with E-state index in [0.717, 1.165) is 23.9 Å². The maximum absolute atomic E-state index is 11.4. The number of unbranched alkanes of at least 4 members (excludes halogenated alkanes) is 1. The van der Waals surface area contributed by atoms with Gasteiger partial charge < -0.3 is 23.4 Å². The molecule has 1 heterocycles. The summed E-state index contributed by atoms with van der Waals surface area (Å²) in [6.45, 7) is 6.63. The lowest BCUT2D eigenvalue weighted by molar-refractivity contribution is -0.883. The lowest BCUT2D eigenvalue weighted by Crippen LogP contribution is -2.50. The Kier molecular flexibility index (Phi) is 9.06. The van der Waals surface area contributed by atoms with Gasteiger partial charge >= 0.3 is 11.9 Å². The Morgan fingerprint density at radius 3 is 2.35 bits per heavy atom. The third-order valence-corrected chi connectivity index (χ3v) is 4.23. The number of rotatable bonds is 9. The smallest absolute Gasteiger partial charge is 0.303 e. The van der Waals surface area contributed by atoms with E-state index >= 15 is 0 Å². The first-order chi connectivity index (χ1) is 12.1. The summed E-state index contributed by atoms with van der Waals surface area (Å²) >= 11 is 0. The zero-order chi connectivity index (χ0) is 19.7. The summed E-state index contributed by atoms with van der Waals surface area (Å²) in [5.41, 5.74) is 0. The molecule has 148 valence electrons. The predicted molar refractivity (Wildman–Crippen MR) is 95.9 cm³/mol. The predicted octanol–water partition coefficient (Wildman–Crippen LogP) is 1.49. The maximum Gasteiger partial charge on any atom is 0.303 e. The van der Waals surface area contributed by atoms with Gasteiger partial charge in [0.05, 0.1) is 33.4 Å². The van der Waals surface area contributed by atoms with Gasteiger partial charge in [-0.25, -0.2) is 0 Å². The molecule has 7 heteroatoms. The number of quaternary nitrogens is 1. The summed E-state index contributed by atoms with van der Waals surface area (Å²) in [4.78, 5) is 22.6. The van der Waals surface area contributed by atoms with Crippen molar-refractivity contribution in [1.29, 1.82) is 0 Å². The highest BCUT2D eigenvalue weighted by Gasteiger charge is 2.40. The van der Waals surface area contributed by atoms with Crippen LogP contribution in [0.1, 0.15) is 40.0 Å². The number of ether oxygens (including phenoxy) is 4. The van der Waals surface area contributed by atoms with Crippen molar-refractivity contribution in [3.8, 4) is 12.3 Å². The van der Waals surface area contributed by atoms with E-state index in [0.29, 0.717) is 19.6 Å². The molecule has 1 aliphatic heterocycles. The van der Waals surface area contributed by atoms with Crippen LogP contribution < -0.4 is 0 Å². The first kappa shape index (κ1) is 22.4. The molecule has 1 rings (SSSR count). The van der Waals surface area contributed by atoms with E-state index in [2.05, 4.69) is 20.0 Å². The highest BCUT2D eigenvalue weighted by Crippen LogP contribution is 2.26. The number of hydrogen-bond acceptors (Lipinski definition) is 6. The molecule has 7 nitrogen and oxygen atoms in total. The third kappa shape index (κ3) is 8.17. The molecule has 0 aromatic heterocycles. The lowest BCUT2D eigenvalue weighted by Gasteiger charge is -2.38. The van der Waals surface area contributed by atoms with Crippen LogP contribution in [0.3, 0.4) is 0 Å². The van der Waals surface area contributed by atoms with Crippen LogP contribution in [0.25, 0.3) is 0 Å². The van der Waals surface area contributed by atoms with Crippen molar-refractivity contribution in [2.75, 3.05) is 33.8 Å². The minimum absolute atomic E-state index is 0.332. The Morgan fingerprint density at radius 2 is 1.77 bits per heavy atom. The van der Waals surface area contributed by atoms with E-state index in [1.54, 1.807) is 0 Å². The van der Waals surface area contributed by atoms with E-state index < -0.39 is 24.5 Å². The van der Waals surface area contributed by atoms with Crippen molar-refractivity contribution >= 4 is 11.9 Å². The van der Waals surface area contributed by atoms with Gasteiger partial charge in [0.1, 0.15) is 12.6 Å². The molecule has 1 aliphatic rings. The summed E-state index contributed by atoms with van der Waals surface area (Å²) in [7, 11) is 4.19. The first-order valence-corrected chi connectivity index (χ1v) is 9.01. The molecule has 0 amide bonds. The lowest BCUT2D eigenvalue weighted by atomic mass is 10.0. The zero-order valence-electron chi connectivity index (χ0n) is 16.5. The van der Waals surface area contributed by atoms with Gasteiger partial charge in [-0.2, -0.15) is 0 Å². The number of esters is 2. The highest BCUT2D eigenvalue weighted by molar-refractivity contribution is 5.66. The number of nitrogens with zero attached hydrogens (tertiary/aromatic N) is 1. The van der Waals surface area contributed by atoms with E-state index in [1.165, 1.54) is 13.8 Å². The van der Waals surface area contributed by atoms with Crippen molar-refractivity contribution in [1.82, 2.24) is 0 Å². The molecule has 0 bridgehead atoms. The summed E-state index contributed by atoms with van der Waals surface area (Å²) in [5, 5.41) is 0. The topological polar surface area (TPSA) is 71.1 Å². The van der Waals surface area contributed by atoms with Crippen LogP contribution in [0.4, 0.5) is 0 Å². The van der Waals surface area contributed by atoms with Gasteiger partial charge in [0.15, 0.2) is 12.4 Å². The standard InChI is InChI=1S/C19H32NO6/c1-7-10-20(5,6)11-8-9-12-23-19-18(26-16(4)22)13-17(14(2)24-19)25-15(3)21/h1,14,17-19H,8-13H2,2-6H3/q+1/t14-,17?,18+,19?/m0/s1. The van der Waals surface area contributed by atoms with Crippen molar-refractivity contribution in [3.63, 3.8) is 0 Å². The fraction of sp³-hybridized carbons (Fsp3) is 0.789. The summed E-state index contributed by atoms with van der Waals surface area (Å²) in [6.07, 6.45) is 5.50. The Morgan fingerprint density at radius 1 is 1.15 bits per heavy atom. The van der Waals surface area contributed by atoms with Gasteiger partial charge in [-0.15, -0.1) is 6.42 Å². The summed E-state index contributed by atoms with van der Waals surface area (Å²) in [5.74, 6) is 1.87. The van der Waals surface area contributed by atoms with Gasteiger partial charge in [0, 0.05) is 20.3 Å². The molecular formula is C19H32NO6+. The van der Waals surface area contributed by atoms with Crippen molar-refractivity contribution in [3.05, 3.63) is 0 Å². The third-order valence-electron chi connectivity index (χ3n) is 4.23. The second kappa shape index (κ2) is 10.5. The number of hydrogen-bond donors (Lipinski definition) is 0. The van der Waals surface area contributed by atoms with Crippen molar-refractivity contribution < 1.29 is 33.0 Å². The van der Waals surface area contributed by atoms with Gasteiger partial charge in [-0.3, -0.25) is 9.59 Å². The Balaban J connectivity index is 2.48. The Bertz CT molecular complexity index is 513. The minimum atomic E-state index is -0.658. The van der Waals surface area contributed by atoms with Crippen molar-refractivity contribution in [2.24, 2.45) is 0 Å². The van der Waals surface area contributed by atoms with E-state index in [1.807, 2.05) is 6.92 Å². The van der Waals surface area contributed by atoms with Crippen LogP contribution >= 0.6 is 0 Å². The van der Waals surface area contributed by atoms with Gasteiger partial charge in [0.25, 0.3) is 0 Å². The Labute approximate surface area is 156 Å². The number of terminal acetylenes is 1. The molecule has 0 saturated carbocycles. The van der Waals surface area contributed by atoms with Crippen LogP contribution in [0.5, 0.6) is 0 Å². The van der Waals surface area contributed by atoms with Crippen molar-refractivity contribution in [2.45, 2.75) is 64.6 Å².